The third kappa shape index (κ3) is 3.81. The Morgan fingerprint density at radius 1 is 0.531 bits per heavy atom. The van der Waals surface area contributed by atoms with Gasteiger partial charge >= 0.3 is 23.9 Å². The minimum Gasteiger partial charge on any atom is -0.478 e. The molecule has 0 heterocycles. The summed E-state index contributed by atoms with van der Waals surface area (Å²) in [5.41, 5.74) is -1.28. The maximum absolute atomic E-state index is 11.7. The molecule has 0 saturated heterocycles. The molecule has 3 rings (SSSR count). The van der Waals surface area contributed by atoms with E-state index in [4.69, 9.17) is 0 Å². The molecule has 4 N–H and O–H groups in total. The number of rotatable bonds is 7. The van der Waals surface area contributed by atoms with E-state index in [0.29, 0.717) is 16.7 Å². The van der Waals surface area contributed by atoms with Crippen LogP contribution in [0.1, 0.15) is 65.0 Å². The van der Waals surface area contributed by atoms with Gasteiger partial charge in [-0.05, 0) is 47.9 Å². The van der Waals surface area contributed by atoms with Gasteiger partial charge in [-0.2, -0.15) is 0 Å². The molecule has 0 spiro atoms. The summed E-state index contributed by atoms with van der Waals surface area (Å²) in [5, 5.41) is 37.8. The van der Waals surface area contributed by atoms with Crippen molar-refractivity contribution in [2.45, 2.75) is 12.3 Å². The molecule has 3 aromatic carbocycles. The second-order valence-electron chi connectivity index (χ2n) is 7.23. The largest absolute Gasteiger partial charge is 0.478 e. The van der Waals surface area contributed by atoms with Gasteiger partial charge in [-0.25, -0.2) is 19.2 Å². The second-order valence-corrected chi connectivity index (χ2v) is 7.23. The fourth-order valence-corrected chi connectivity index (χ4v) is 3.71. The van der Waals surface area contributed by atoms with Gasteiger partial charge in [0.1, 0.15) is 0 Å². The van der Waals surface area contributed by atoms with Crippen molar-refractivity contribution in [3.63, 3.8) is 0 Å². The van der Waals surface area contributed by atoms with Crippen LogP contribution in [0.3, 0.4) is 0 Å². The average Bonchev–Trinajstić information content (AvgIpc) is 2.78. The first-order valence-electron chi connectivity index (χ1n) is 9.35. The third-order valence-corrected chi connectivity index (χ3v) is 5.47. The van der Waals surface area contributed by atoms with E-state index in [1.165, 1.54) is 36.4 Å². The van der Waals surface area contributed by atoms with Crippen molar-refractivity contribution in [2.24, 2.45) is 0 Å². The molecule has 8 nitrogen and oxygen atoms in total. The van der Waals surface area contributed by atoms with Crippen LogP contribution in [0, 0.1) is 0 Å². The molecule has 0 amide bonds. The topological polar surface area (TPSA) is 149 Å². The van der Waals surface area contributed by atoms with Crippen molar-refractivity contribution in [2.75, 3.05) is 0 Å². The molecule has 0 bridgehead atoms. The molecule has 32 heavy (non-hydrogen) atoms. The van der Waals surface area contributed by atoms with E-state index < -0.39 is 40.4 Å². The molecule has 8 heteroatoms. The highest BCUT2D eigenvalue weighted by molar-refractivity contribution is 6.03. The summed E-state index contributed by atoms with van der Waals surface area (Å²) in [6.07, 6.45) is 0. The van der Waals surface area contributed by atoms with E-state index in [9.17, 15) is 39.6 Å². The average molecular weight is 434 g/mol. The summed E-state index contributed by atoms with van der Waals surface area (Å²) < 4.78 is 0. The molecule has 3 aromatic rings. The molecule has 0 atom stereocenters. The van der Waals surface area contributed by atoms with Crippen LogP contribution in [-0.2, 0) is 5.41 Å². The fourth-order valence-electron chi connectivity index (χ4n) is 3.71. The van der Waals surface area contributed by atoms with Gasteiger partial charge in [0.2, 0.25) is 0 Å². The van der Waals surface area contributed by atoms with Crippen LogP contribution >= 0.6 is 0 Å². The highest BCUT2D eigenvalue weighted by Crippen LogP contribution is 2.40. The smallest absolute Gasteiger partial charge is 0.336 e. The van der Waals surface area contributed by atoms with Crippen LogP contribution in [0.15, 0.2) is 66.7 Å². The summed E-state index contributed by atoms with van der Waals surface area (Å²) in [6, 6.07) is 16.6. The van der Waals surface area contributed by atoms with Gasteiger partial charge in [-0.3, -0.25) is 0 Å². The molecule has 0 aliphatic carbocycles. The Balaban J connectivity index is 2.36. The van der Waals surface area contributed by atoms with Crippen LogP contribution in [-0.4, -0.2) is 44.3 Å². The zero-order chi connectivity index (χ0) is 23.6. The monoisotopic (exact) mass is 434 g/mol. The van der Waals surface area contributed by atoms with E-state index >= 15 is 0 Å². The van der Waals surface area contributed by atoms with Crippen molar-refractivity contribution < 1.29 is 39.6 Å². The molecule has 0 saturated carbocycles. The second kappa shape index (κ2) is 8.35. The summed E-state index contributed by atoms with van der Waals surface area (Å²) in [7, 11) is 0. The van der Waals surface area contributed by atoms with Gasteiger partial charge in [0.05, 0.1) is 22.3 Å². The van der Waals surface area contributed by atoms with Gasteiger partial charge < -0.3 is 20.4 Å². The Hall–Kier alpha value is -4.46. The molecule has 0 fully saturated rings. The lowest BCUT2D eigenvalue weighted by Gasteiger charge is -2.32. The Labute approximate surface area is 182 Å². The Kier molecular flexibility index (Phi) is 5.80. The van der Waals surface area contributed by atoms with Crippen molar-refractivity contribution in [3.8, 4) is 0 Å². The van der Waals surface area contributed by atoms with E-state index in [1.807, 2.05) is 0 Å². The van der Waals surface area contributed by atoms with Crippen LogP contribution < -0.4 is 0 Å². The minimum atomic E-state index is -1.42. The predicted molar refractivity (Wildman–Crippen MR) is 113 cm³/mol. The highest BCUT2D eigenvalue weighted by atomic mass is 16.4. The van der Waals surface area contributed by atoms with Crippen molar-refractivity contribution in [3.05, 3.63) is 106 Å². The maximum atomic E-state index is 11.7. The van der Waals surface area contributed by atoms with Crippen molar-refractivity contribution in [1.82, 2.24) is 0 Å². The van der Waals surface area contributed by atoms with Gasteiger partial charge in [0.15, 0.2) is 0 Å². The Bertz CT molecular complexity index is 1170. The first kappa shape index (κ1) is 22.2. The zero-order valence-electron chi connectivity index (χ0n) is 16.8. The van der Waals surface area contributed by atoms with E-state index in [-0.39, 0.29) is 11.1 Å². The number of aromatic carboxylic acids is 4. The Morgan fingerprint density at radius 2 is 0.906 bits per heavy atom. The van der Waals surface area contributed by atoms with Gasteiger partial charge in [0.25, 0.3) is 0 Å². The molecular formula is C24H18O8. The number of hydrogen-bond donors (Lipinski definition) is 4. The molecule has 0 radical (unpaired) electrons. The quantitative estimate of drug-likeness (QED) is 0.410. The molecule has 0 aliphatic heterocycles. The number of carboxylic acids is 4. The van der Waals surface area contributed by atoms with E-state index in [0.717, 1.165) is 0 Å². The Morgan fingerprint density at radius 3 is 1.25 bits per heavy atom. The van der Waals surface area contributed by atoms with Crippen LogP contribution in [0.4, 0.5) is 0 Å². The number of benzene rings is 3. The maximum Gasteiger partial charge on any atom is 0.336 e. The SMILES string of the molecule is CC(c1ccccc1)(c1ccc(C(=O)O)c(C(=O)O)c1)c1ccc(C(=O)O)c(C(=O)O)c1. The molecule has 0 aliphatic rings. The van der Waals surface area contributed by atoms with Crippen LogP contribution in [0.25, 0.3) is 0 Å². The van der Waals surface area contributed by atoms with Gasteiger partial charge in [-0.1, -0.05) is 42.5 Å². The number of carbonyl (C=O) groups is 4. The first-order valence-corrected chi connectivity index (χ1v) is 9.35. The predicted octanol–water partition coefficient (Wildman–Crippen LogP) is 3.83. The lowest BCUT2D eigenvalue weighted by molar-refractivity contribution is 0.0651. The molecule has 0 unspecified atom stereocenters. The van der Waals surface area contributed by atoms with Crippen molar-refractivity contribution >= 4 is 23.9 Å². The standard InChI is InChI=1S/C24H18O8/c1-24(13-5-3-2-4-6-13,14-7-9-16(20(25)26)18(11-14)22(29)30)15-8-10-17(21(27)28)19(12-15)23(31)32/h2-12H,1H3,(H,25,26)(H,27,28)(H,29,30)(H,31,32). The lowest BCUT2D eigenvalue weighted by Crippen LogP contribution is -2.27. The fraction of sp³-hybridized carbons (Fsp3) is 0.0833. The summed E-state index contributed by atoms with van der Waals surface area (Å²) in [6.45, 7) is 1.73. The summed E-state index contributed by atoms with van der Waals surface area (Å²) in [5.74, 6) is -5.64. The highest BCUT2D eigenvalue weighted by Gasteiger charge is 2.34. The minimum absolute atomic E-state index is 0.385. The van der Waals surface area contributed by atoms with Gasteiger partial charge in [0, 0.05) is 5.41 Å². The third-order valence-electron chi connectivity index (χ3n) is 5.47. The normalized spacial score (nSPS) is 11.0. The van der Waals surface area contributed by atoms with Crippen LogP contribution in [0.2, 0.25) is 0 Å². The van der Waals surface area contributed by atoms with Crippen LogP contribution in [0.5, 0.6) is 0 Å². The van der Waals surface area contributed by atoms with Crippen molar-refractivity contribution in [1.29, 1.82) is 0 Å². The van der Waals surface area contributed by atoms with E-state index in [1.54, 1.807) is 37.3 Å². The summed E-state index contributed by atoms with van der Waals surface area (Å²) >= 11 is 0. The lowest BCUT2D eigenvalue weighted by atomic mass is 9.70. The zero-order valence-corrected chi connectivity index (χ0v) is 16.8. The number of carboxylic acid groups (broad SMARTS) is 4. The first-order chi connectivity index (χ1) is 15.1. The van der Waals surface area contributed by atoms with Gasteiger partial charge in [-0.15, -0.1) is 0 Å². The molecule has 0 aromatic heterocycles. The number of hydrogen-bond acceptors (Lipinski definition) is 4. The molecule has 162 valence electrons. The molecular weight excluding hydrogens is 416 g/mol. The summed E-state index contributed by atoms with van der Waals surface area (Å²) in [4.78, 5) is 46.4. The van der Waals surface area contributed by atoms with E-state index in [2.05, 4.69) is 0 Å².